The number of aliphatic hydroxyl groups is 2. The number of anilines is 2. The first-order valence-corrected chi connectivity index (χ1v) is 19.9. The minimum Gasteiger partial charge on any atom is -0.381 e. The molecule has 0 fully saturated rings. The molecule has 6 nitrogen and oxygen atoms in total. The molecule has 0 spiro atoms. The Morgan fingerprint density at radius 2 is 0.833 bits per heavy atom. The van der Waals surface area contributed by atoms with Gasteiger partial charge in [0.25, 0.3) is 0 Å². The van der Waals surface area contributed by atoms with Crippen molar-refractivity contribution in [2.45, 2.75) is 88.8 Å². The van der Waals surface area contributed by atoms with Crippen molar-refractivity contribution >= 4 is 56.4 Å². The molecule has 2 unspecified atom stereocenters. The summed E-state index contributed by atoms with van der Waals surface area (Å²) in [6.45, 7) is 9.05. The number of benzene rings is 4. The van der Waals surface area contributed by atoms with Crippen LogP contribution in [0.3, 0.4) is 0 Å². The number of nitrogens with zero attached hydrogens (tertiary/aromatic N) is 2. The summed E-state index contributed by atoms with van der Waals surface area (Å²) in [7, 11) is 0. The number of aryl methyl sites for hydroxylation is 2. The molecule has 0 aliphatic carbocycles. The van der Waals surface area contributed by atoms with Crippen molar-refractivity contribution in [2.24, 2.45) is 0 Å². The summed E-state index contributed by atoms with van der Waals surface area (Å²) >= 11 is 11.8. The Hall–Kier alpha value is -4.62. The quantitative estimate of drug-likeness (QED) is 0.0916. The molecule has 0 saturated carbocycles. The van der Waals surface area contributed by atoms with E-state index >= 15 is 0 Å². The molecular formula is C46H48Cl2F6N4O2. The van der Waals surface area contributed by atoms with Crippen LogP contribution in [0.2, 0.25) is 10.0 Å². The Morgan fingerprint density at radius 3 is 1.15 bits per heavy atom. The maximum Gasteiger partial charge on any atom is 0.418 e. The molecule has 4 N–H and O–H groups in total. The maximum absolute atomic E-state index is 14.0. The predicted octanol–water partition coefficient (Wildman–Crippen LogP) is 12.5. The third-order valence-corrected chi connectivity index (χ3v) is 11.2. The molecule has 0 aliphatic rings. The Morgan fingerprint density at radius 1 is 0.500 bits per heavy atom. The first kappa shape index (κ1) is 46.4. The Bertz CT molecular complexity index is 2240. The fourth-order valence-electron chi connectivity index (χ4n) is 7.30. The second kappa shape index (κ2) is 17.8. The Labute approximate surface area is 356 Å². The first-order valence-electron chi connectivity index (χ1n) is 19.1. The number of pyridine rings is 2. The van der Waals surface area contributed by atoms with Crippen LogP contribution < -0.4 is 10.6 Å². The number of alkyl halides is 6. The molecule has 0 bridgehead atoms. The highest BCUT2D eigenvalue weighted by Gasteiger charge is 2.57. The maximum atomic E-state index is 14.0. The van der Waals surface area contributed by atoms with Gasteiger partial charge >= 0.3 is 12.4 Å². The molecule has 0 radical (unpaired) electrons. The van der Waals surface area contributed by atoms with Crippen molar-refractivity contribution in [2.75, 3.05) is 23.7 Å². The van der Waals surface area contributed by atoms with Gasteiger partial charge < -0.3 is 20.8 Å². The van der Waals surface area contributed by atoms with E-state index in [1.807, 2.05) is 26.0 Å². The molecule has 2 aromatic heterocycles. The van der Waals surface area contributed by atoms with Crippen LogP contribution in [-0.2, 0) is 10.8 Å². The normalized spacial score (nSPS) is 14.5. The first-order chi connectivity index (χ1) is 27.8. The van der Waals surface area contributed by atoms with Gasteiger partial charge in [0.2, 0.25) is 0 Å². The fraction of sp³-hybridized carbons (Fsp3) is 0.348. The van der Waals surface area contributed by atoms with Crippen molar-refractivity contribution < 1.29 is 36.6 Å². The minimum atomic E-state index is -4.82. The van der Waals surface area contributed by atoms with Crippen LogP contribution >= 0.6 is 23.2 Å². The molecule has 0 aliphatic heterocycles. The molecule has 6 rings (SSSR count). The predicted molar refractivity (Wildman–Crippen MR) is 230 cm³/mol. The van der Waals surface area contributed by atoms with E-state index in [1.54, 1.807) is 125 Å². The van der Waals surface area contributed by atoms with E-state index in [9.17, 15) is 36.6 Å². The summed E-state index contributed by atoms with van der Waals surface area (Å²) in [5.74, 6) is 0. The zero-order chi connectivity index (χ0) is 44.3. The summed E-state index contributed by atoms with van der Waals surface area (Å²) < 4.78 is 83.8. The molecule has 2 heterocycles. The number of halogens is 8. The van der Waals surface area contributed by atoms with E-state index in [0.29, 0.717) is 54.4 Å². The summed E-state index contributed by atoms with van der Waals surface area (Å²) in [6, 6.07) is 30.9. The number of hydrogen-bond donors (Lipinski definition) is 4. The highest BCUT2D eigenvalue weighted by atomic mass is 35.5. The van der Waals surface area contributed by atoms with Crippen LogP contribution in [0.25, 0.3) is 21.8 Å². The summed E-state index contributed by atoms with van der Waals surface area (Å²) in [6.07, 6.45) is -10.7. The number of nitrogens with one attached hydrogen (secondary N) is 2. The van der Waals surface area contributed by atoms with Crippen molar-refractivity contribution in [1.29, 1.82) is 0 Å². The lowest BCUT2D eigenvalue weighted by atomic mass is 9.75. The second-order valence-electron chi connectivity index (χ2n) is 16.6. The van der Waals surface area contributed by atoms with Gasteiger partial charge in [-0.1, -0.05) is 87.3 Å². The number of aromatic nitrogens is 2. The van der Waals surface area contributed by atoms with Crippen molar-refractivity contribution in [3.63, 3.8) is 0 Å². The standard InChI is InChI=1S/2C23H24ClF3N2O/c2*1-15-7-12-18-19(5-4-6-20(18)29-15)28-14-22(30,23(25,26)27)13-21(2,3)16-8-10-17(24)11-9-16/h2*4-12,28,30H,13-14H2,1-3H3. The highest BCUT2D eigenvalue weighted by molar-refractivity contribution is 6.30. The monoisotopic (exact) mass is 872 g/mol. The topological polar surface area (TPSA) is 90.3 Å². The van der Waals surface area contributed by atoms with Gasteiger partial charge in [0.1, 0.15) is 0 Å². The minimum absolute atomic E-state index is 0.493. The number of rotatable bonds is 12. The summed E-state index contributed by atoms with van der Waals surface area (Å²) in [5.41, 5.74) is -2.44. The van der Waals surface area contributed by atoms with Gasteiger partial charge in [-0.2, -0.15) is 26.3 Å². The van der Waals surface area contributed by atoms with Crippen LogP contribution in [0, 0.1) is 13.8 Å². The van der Waals surface area contributed by atoms with Gasteiger partial charge in [-0.05, 0) is 121 Å². The summed E-state index contributed by atoms with van der Waals surface area (Å²) in [4.78, 5) is 8.80. The SMILES string of the molecule is Cc1ccc2c(NCC(O)(CC(C)(C)c3ccc(Cl)cc3)C(F)(F)F)cccc2n1.Cc1ccc2c(NCC(O)(CC(C)(C)c3ccc(Cl)cc3)C(F)(F)F)cccc2n1. The van der Waals surface area contributed by atoms with E-state index in [0.717, 1.165) is 11.4 Å². The molecule has 2 atom stereocenters. The van der Waals surface area contributed by atoms with E-state index < -0.39 is 60.3 Å². The summed E-state index contributed by atoms with van der Waals surface area (Å²) in [5, 5.41) is 29.5. The second-order valence-corrected chi connectivity index (χ2v) is 17.4. The molecular weight excluding hydrogens is 825 g/mol. The Kier molecular flexibility index (Phi) is 13.8. The third kappa shape index (κ3) is 11.0. The van der Waals surface area contributed by atoms with Gasteiger partial charge in [-0.3, -0.25) is 9.97 Å². The highest BCUT2D eigenvalue weighted by Crippen LogP contribution is 2.43. The van der Waals surface area contributed by atoms with Crippen LogP contribution in [0.5, 0.6) is 0 Å². The van der Waals surface area contributed by atoms with Crippen LogP contribution in [0.1, 0.15) is 63.1 Å². The zero-order valence-corrected chi connectivity index (χ0v) is 35.5. The van der Waals surface area contributed by atoms with Crippen LogP contribution in [0.4, 0.5) is 37.7 Å². The van der Waals surface area contributed by atoms with Gasteiger partial charge in [-0.25, -0.2) is 0 Å². The molecule has 0 amide bonds. The van der Waals surface area contributed by atoms with Crippen molar-refractivity contribution in [3.05, 3.63) is 142 Å². The third-order valence-electron chi connectivity index (χ3n) is 10.7. The Balaban J connectivity index is 0.000000228. The largest absolute Gasteiger partial charge is 0.418 e. The molecule has 320 valence electrons. The molecule has 60 heavy (non-hydrogen) atoms. The van der Waals surface area contributed by atoms with E-state index in [1.165, 1.54) is 0 Å². The molecule has 4 aromatic carbocycles. The van der Waals surface area contributed by atoms with Gasteiger partial charge in [0.15, 0.2) is 11.2 Å². The van der Waals surface area contributed by atoms with E-state index in [2.05, 4.69) is 20.6 Å². The smallest absolute Gasteiger partial charge is 0.381 e. The van der Waals surface area contributed by atoms with Crippen LogP contribution in [0.15, 0.2) is 109 Å². The van der Waals surface area contributed by atoms with E-state index in [4.69, 9.17) is 23.2 Å². The number of hydrogen-bond acceptors (Lipinski definition) is 6. The fourth-order valence-corrected chi connectivity index (χ4v) is 7.55. The molecule has 6 aromatic rings. The lowest BCUT2D eigenvalue weighted by Crippen LogP contribution is -2.53. The number of fused-ring (bicyclic) bond motifs is 2. The zero-order valence-electron chi connectivity index (χ0n) is 34.0. The van der Waals surface area contributed by atoms with Crippen molar-refractivity contribution in [3.8, 4) is 0 Å². The lowest BCUT2D eigenvalue weighted by Gasteiger charge is -2.38. The van der Waals surface area contributed by atoms with Crippen LogP contribution in [-0.4, -0.2) is 56.8 Å². The average Bonchev–Trinajstić information content (AvgIpc) is 3.15. The van der Waals surface area contributed by atoms with Crippen molar-refractivity contribution in [1.82, 2.24) is 9.97 Å². The van der Waals surface area contributed by atoms with E-state index in [-0.39, 0.29) is 0 Å². The van der Waals surface area contributed by atoms with Gasteiger partial charge in [0, 0.05) is 43.6 Å². The average molecular weight is 874 g/mol. The van der Waals surface area contributed by atoms with Gasteiger partial charge in [-0.15, -0.1) is 0 Å². The lowest BCUT2D eigenvalue weighted by molar-refractivity contribution is -0.260. The molecule has 0 saturated heterocycles. The molecule has 14 heteroatoms. The van der Waals surface area contributed by atoms with Gasteiger partial charge in [0.05, 0.1) is 24.1 Å².